The van der Waals surface area contributed by atoms with Gasteiger partial charge in [-0.15, -0.1) is 0 Å². The van der Waals surface area contributed by atoms with Gasteiger partial charge in [-0.2, -0.15) is 5.48 Å². The van der Waals surface area contributed by atoms with Crippen LogP contribution in [0.15, 0.2) is 54.6 Å². The van der Waals surface area contributed by atoms with Crippen LogP contribution in [-0.2, 0) is 19.2 Å². The zero-order valence-electron chi connectivity index (χ0n) is 16.1. The Morgan fingerprint density at radius 3 is 2.32 bits per heavy atom. The zero-order chi connectivity index (χ0) is 19.8. The van der Waals surface area contributed by atoms with Crippen LogP contribution >= 0.6 is 0 Å². The summed E-state index contributed by atoms with van der Waals surface area (Å²) in [6.07, 6.45) is 0.935. The zero-order valence-corrected chi connectivity index (χ0v) is 16.1. The number of nitrogens with one attached hydrogen (secondary N) is 1. The number of hydrogen-bond acceptors (Lipinski definition) is 5. The maximum atomic E-state index is 12.8. The maximum absolute atomic E-state index is 12.8. The van der Waals surface area contributed by atoms with Gasteiger partial charge in [-0.25, -0.2) is 4.79 Å². The molecule has 0 aromatic heterocycles. The summed E-state index contributed by atoms with van der Waals surface area (Å²) in [5.41, 5.74) is 5.11. The van der Waals surface area contributed by atoms with Gasteiger partial charge in [0.05, 0.1) is 19.1 Å². The number of ether oxygens (including phenoxy) is 1. The topological polar surface area (TPSA) is 67.9 Å². The van der Waals surface area contributed by atoms with E-state index in [1.165, 1.54) is 0 Å². The molecule has 2 aromatic rings. The Kier molecular flexibility index (Phi) is 7.03. The van der Waals surface area contributed by atoms with E-state index in [4.69, 9.17) is 9.57 Å². The molecule has 2 aromatic carbocycles. The van der Waals surface area contributed by atoms with Gasteiger partial charge >= 0.3 is 5.97 Å². The van der Waals surface area contributed by atoms with Crippen molar-refractivity contribution in [3.8, 4) is 0 Å². The van der Waals surface area contributed by atoms with Gasteiger partial charge in [0.15, 0.2) is 0 Å². The average Bonchev–Trinajstić information content (AvgIpc) is 2.75. The van der Waals surface area contributed by atoms with E-state index in [-0.39, 0.29) is 12.3 Å². The third-order valence-electron chi connectivity index (χ3n) is 4.72. The fourth-order valence-corrected chi connectivity index (χ4v) is 3.26. The van der Waals surface area contributed by atoms with Gasteiger partial charge in [0, 0.05) is 25.2 Å². The number of hydrogen-bond donors (Lipinski definition) is 1. The van der Waals surface area contributed by atoms with Crippen molar-refractivity contribution in [1.82, 2.24) is 5.48 Å². The quantitative estimate of drug-likeness (QED) is 0.778. The normalized spacial score (nSPS) is 15.0. The maximum Gasteiger partial charge on any atom is 0.332 e. The highest BCUT2D eigenvalue weighted by Crippen LogP contribution is 2.27. The van der Waals surface area contributed by atoms with Crippen molar-refractivity contribution < 1.29 is 19.2 Å². The molecular formula is C22H26N2O4. The van der Waals surface area contributed by atoms with Crippen LogP contribution in [0, 0.1) is 0 Å². The second-order valence-corrected chi connectivity index (χ2v) is 6.73. The molecule has 1 aliphatic rings. The van der Waals surface area contributed by atoms with Crippen molar-refractivity contribution in [2.75, 3.05) is 31.2 Å². The summed E-state index contributed by atoms with van der Waals surface area (Å²) >= 11 is 0. The van der Waals surface area contributed by atoms with Crippen molar-refractivity contribution in [2.24, 2.45) is 0 Å². The first-order chi connectivity index (χ1) is 13.7. The van der Waals surface area contributed by atoms with Gasteiger partial charge in [-0.1, -0.05) is 49.4 Å². The van der Waals surface area contributed by atoms with Gasteiger partial charge in [0.25, 0.3) is 5.91 Å². The van der Waals surface area contributed by atoms with E-state index in [0.29, 0.717) is 6.42 Å². The number of carbonyl (C=O) groups is 2. The van der Waals surface area contributed by atoms with Crippen molar-refractivity contribution in [3.05, 3.63) is 65.7 Å². The SMILES string of the molecule is CCCC(=O)ONC(=O)C(c1ccccc1)c1ccc(N2CCOCC2)cc1. The summed E-state index contributed by atoms with van der Waals surface area (Å²) in [5.74, 6) is -1.37. The second kappa shape index (κ2) is 9.90. The van der Waals surface area contributed by atoms with Crippen LogP contribution in [0.1, 0.15) is 36.8 Å². The summed E-state index contributed by atoms with van der Waals surface area (Å²) in [6, 6.07) is 17.4. The third kappa shape index (κ3) is 5.10. The van der Waals surface area contributed by atoms with Crippen LogP contribution in [-0.4, -0.2) is 38.2 Å². The molecule has 1 heterocycles. The fourth-order valence-electron chi connectivity index (χ4n) is 3.26. The summed E-state index contributed by atoms with van der Waals surface area (Å²) in [4.78, 5) is 31.6. The minimum Gasteiger partial charge on any atom is -0.378 e. The van der Waals surface area contributed by atoms with Crippen LogP contribution in [0.3, 0.4) is 0 Å². The molecule has 1 unspecified atom stereocenters. The molecule has 148 valence electrons. The molecule has 6 heteroatoms. The molecule has 0 saturated carbocycles. The molecule has 0 aliphatic carbocycles. The second-order valence-electron chi connectivity index (χ2n) is 6.73. The van der Waals surface area contributed by atoms with Gasteiger partial charge in [0.2, 0.25) is 0 Å². The molecule has 28 heavy (non-hydrogen) atoms. The minimum absolute atomic E-state index is 0.268. The number of nitrogens with zero attached hydrogens (tertiary/aromatic N) is 1. The first-order valence-corrected chi connectivity index (χ1v) is 9.66. The Hall–Kier alpha value is -2.86. The molecule has 1 fully saturated rings. The number of anilines is 1. The molecule has 1 aliphatic heterocycles. The Morgan fingerprint density at radius 2 is 1.68 bits per heavy atom. The number of carbonyl (C=O) groups excluding carboxylic acids is 2. The smallest absolute Gasteiger partial charge is 0.332 e. The third-order valence-corrected chi connectivity index (χ3v) is 4.72. The molecule has 1 atom stereocenters. The van der Waals surface area contributed by atoms with Crippen LogP contribution in [0.2, 0.25) is 0 Å². The van der Waals surface area contributed by atoms with Gasteiger partial charge in [0.1, 0.15) is 0 Å². The van der Waals surface area contributed by atoms with E-state index in [1.54, 1.807) is 0 Å². The molecule has 1 N–H and O–H groups in total. The predicted octanol–water partition coefficient (Wildman–Crippen LogP) is 3.03. The first-order valence-electron chi connectivity index (χ1n) is 9.66. The van der Waals surface area contributed by atoms with E-state index >= 15 is 0 Å². The standard InChI is InChI=1S/C22H26N2O4/c1-2-6-20(25)28-23-22(26)21(17-7-4-3-5-8-17)18-9-11-19(12-10-18)24-13-15-27-16-14-24/h3-5,7-12,21H,2,6,13-16H2,1H3,(H,23,26). The number of rotatable bonds is 6. The Labute approximate surface area is 165 Å². The van der Waals surface area contributed by atoms with E-state index < -0.39 is 11.9 Å². The first kappa shape index (κ1) is 19.9. The molecular weight excluding hydrogens is 356 g/mol. The Balaban J connectivity index is 1.78. The molecule has 0 radical (unpaired) electrons. The number of amides is 1. The number of morpholine rings is 1. The van der Waals surface area contributed by atoms with Crippen molar-refractivity contribution in [1.29, 1.82) is 0 Å². The van der Waals surface area contributed by atoms with Crippen molar-refractivity contribution >= 4 is 17.6 Å². The predicted molar refractivity (Wildman–Crippen MR) is 107 cm³/mol. The highest BCUT2D eigenvalue weighted by atomic mass is 16.7. The fraction of sp³-hybridized carbons (Fsp3) is 0.364. The van der Waals surface area contributed by atoms with Gasteiger partial charge < -0.3 is 14.5 Å². The van der Waals surface area contributed by atoms with E-state index in [0.717, 1.165) is 43.1 Å². The summed E-state index contributed by atoms with van der Waals surface area (Å²) in [6.45, 7) is 5.04. The van der Waals surface area contributed by atoms with E-state index in [9.17, 15) is 9.59 Å². The average molecular weight is 382 g/mol. The lowest BCUT2D eigenvalue weighted by molar-refractivity contribution is -0.158. The number of hydroxylamine groups is 1. The summed E-state index contributed by atoms with van der Waals surface area (Å²) in [5, 5.41) is 0. The Morgan fingerprint density at radius 1 is 1.04 bits per heavy atom. The van der Waals surface area contributed by atoms with Crippen LogP contribution in [0.4, 0.5) is 5.69 Å². The monoisotopic (exact) mass is 382 g/mol. The van der Waals surface area contributed by atoms with Gasteiger partial charge in [-0.3, -0.25) is 4.79 Å². The van der Waals surface area contributed by atoms with Crippen molar-refractivity contribution in [2.45, 2.75) is 25.7 Å². The highest BCUT2D eigenvalue weighted by Gasteiger charge is 2.24. The molecule has 0 bridgehead atoms. The summed E-state index contributed by atoms with van der Waals surface area (Å²) in [7, 11) is 0. The largest absolute Gasteiger partial charge is 0.378 e. The lowest BCUT2D eigenvalue weighted by Crippen LogP contribution is -2.36. The lowest BCUT2D eigenvalue weighted by atomic mass is 9.90. The van der Waals surface area contributed by atoms with Crippen LogP contribution in [0.5, 0.6) is 0 Å². The molecule has 1 amide bonds. The van der Waals surface area contributed by atoms with Crippen LogP contribution < -0.4 is 10.4 Å². The number of benzene rings is 2. The lowest BCUT2D eigenvalue weighted by Gasteiger charge is -2.29. The van der Waals surface area contributed by atoms with E-state index in [2.05, 4.69) is 10.4 Å². The molecule has 1 saturated heterocycles. The highest BCUT2D eigenvalue weighted by molar-refractivity contribution is 5.87. The van der Waals surface area contributed by atoms with Gasteiger partial charge in [-0.05, 0) is 29.7 Å². The van der Waals surface area contributed by atoms with Crippen molar-refractivity contribution in [3.63, 3.8) is 0 Å². The summed E-state index contributed by atoms with van der Waals surface area (Å²) < 4.78 is 5.40. The Bertz CT molecular complexity index is 771. The molecule has 3 rings (SSSR count). The van der Waals surface area contributed by atoms with Crippen LogP contribution in [0.25, 0.3) is 0 Å². The molecule has 6 nitrogen and oxygen atoms in total. The molecule has 0 spiro atoms. The minimum atomic E-state index is -0.561. The van der Waals surface area contributed by atoms with E-state index in [1.807, 2.05) is 61.5 Å².